The Morgan fingerprint density at radius 1 is 1.04 bits per heavy atom. The lowest BCUT2D eigenvalue weighted by molar-refractivity contribution is 0.0595. The highest BCUT2D eigenvalue weighted by Gasteiger charge is 2.22. The Bertz CT molecular complexity index is 841. The van der Waals surface area contributed by atoms with E-state index < -0.39 is 5.97 Å². The van der Waals surface area contributed by atoms with Crippen LogP contribution < -0.4 is 0 Å². The van der Waals surface area contributed by atoms with E-state index in [0.717, 1.165) is 11.1 Å². The molecule has 25 heavy (non-hydrogen) atoms. The van der Waals surface area contributed by atoms with E-state index in [4.69, 9.17) is 4.74 Å². The van der Waals surface area contributed by atoms with Crippen LogP contribution in [0.4, 0.5) is 0 Å². The molecule has 1 aromatic carbocycles. The smallest absolute Gasteiger partial charge is 0.354 e. The minimum absolute atomic E-state index is 0.209. The second-order valence-corrected chi connectivity index (χ2v) is 5.60. The number of benzene rings is 1. The number of hydrogen-bond donors (Lipinski definition) is 1. The topological polar surface area (TPSA) is 68.4 Å². The van der Waals surface area contributed by atoms with E-state index in [1.807, 2.05) is 31.2 Å². The number of aromatic amines is 1. The van der Waals surface area contributed by atoms with Gasteiger partial charge in [-0.15, -0.1) is 0 Å². The van der Waals surface area contributed by atoms with Crippen molar-refractivity contribution in [2.24, 2.45) is 0 Å². The van der Waals surface area contributed by atoms with Crippen LogP contribution >= 0.6 is 0 Å². The number of carbonyl (C=O) groups is 2. The zero-order valence-corrected chi connectivity index (χ0v) is 14.8. The molecule has 0 unspecified atom stereocenters. The number of Topliss-reactive ketones (excluding diaryl/α,β-unsaturated/α-hetero) is 1. The molecule has 0 saturated heterocycles. The van der Waals surface area contributed by atoms with Crippen molar-refractivity contribution in [3.63, 3.8) is 0 Å². The number of hydrogen-bond acceptors (Lipinski definition) is 4. The molecule has 0 aliphatic heterocycles. The van der Waals surface area contributed by atoms with Crippen molar-refractivity contribution < 1.29 is 19.1 Å². The average Bonchev–Trinajstić information content (AvgIpc) is 3.11. The van der Waals surface area contributed by atoms with Gasteiger partial charge in [-0.3, -0.25) is 4.79 Å². The van der Waals surface area contributed by atoms with Crippen molar-refractivity contribution in [3.05, 3.63) is 76.8 Å². The van der Waals surface area contributed by atoms with E-state index in [-0.39, 0.29) is 11.5 Å². The van der Waals surface area contributed by atoms with Crippen molar-refractivity contribution in [3.8, 4) is 0 Å². The number of esters is 1. The van der Waals surface area contributed by atoms with Gasteiger partial charge in [-0.1, -0.05) is 36.4 Å². The first kappa shape index (κ1) is 18.3. The van der Waals surface area contributed by atoms with Crippen molar-refractivity contribution >= 4 is 17.3 Å². The molecule has 0 atom stereocenters. The van der Waals surface area contributed by atoms with Gasteiger partial charge in [0.2, 0.25) is 0 Å². The van der Waals surface area contributed by atoms with Crippen LogP contribution in [0.3, 0.4) is 0 Å². The molecule has 0 bridgehead atoms. The number of aromatic nitrogens is 1. The van der Waals surface area contributed by atoms with E-state index in [2.05, 4.69) is 16.3 Å². The highest BCUT2D eigenvalue weighted by Crippen LogP contribution is 2.28. The molecule has 0 spiro atoms. The first-order valence-electron chi connectivity index (χ1n) is 7.71. The van der Waals surface area contributed by atoms with Gasteiger partial charge in [0.25, 0.3) is 0 Å². The van der Waals surface area contributed by atoms with E-state index in [0.29, 0.717) is 22.5 Å². The third-order valence-corrected chi connectivity index (χ3v) is 3.94. The van der Waals surface area contributed by atoms with Crippen LogP contribution in [0, 0.1) is 6.92 Å². The molecular weight excluding hydrogens is 318 g/mol. The third-order valence-electron chi connectivity index (χ3n) is 3.94. The fourth-order valence-corrected chi connectivity index (χ4v) is 2.41. The maximum atomic E-state index is 13.0. The van der Waals surface area contributed by atoms with E-state index >= 15 is 0 Å². The lowest BCUT2D eigenvalue weighted by Crippen LogP contribution is -2.08. The van der Waals surface area contributed by atoms with Crippen LogP contribution in [0.2, 0.25) is 0 Å². The van der Waals surface area contributed by atoms with Gasteiger partial charge < -0.3 is 14.5 Å². The summed E-state index contributed by atoms with van der Waals surface area (Å²) < 4.78 is 9.94. The molecule has 5 heteroatoms. The van der Waals surface area contributed by atoms with Gasteiger partial charge in [0, 0.05) is 11.8 Å². The van der Waals surface area contributed by atoms with Gasteiger partial charge in [-0.2, -0.15) is 0 Å². The quantitative estimate of drug-likeness (QED) is 0.285. The average molecular weight is 339 g/mol. The Labute approximate surface area is 147 Å². The monoisotopic (exact) mass is 339 g/mol. The predicted molar refractivity (Wildman–Crippen MR) is 96.4 cm³/mol. The molecule has 0 amide bonds. The molecule has 2 aromatic rings. The molecule has 0 aliphatic carbocycles. The Hall–Kier alpha value is -3.08. The second-order valence-electron chi connectivity index (χ2n) is 5.60. The fourth-order valence-electron chi connectivity index (χ4n) is 2.41. The SMILES string of the molecule is C=C(/C(C(=O)c1c[nH]c(C(=O)OC)c1)=C(/C)OC)c1ccc(C)cc1. The number of ether oxygens (including phenoxy) is 2. The molecule has 5 nitrogen and oxygen atoms in total. The van der Waals surface area contributed by atoms with Crippen molar-refractivity contribution in [1.29, 1.82) is 0 Å². The van der Waals surface area contributed by atoms with Gasteiger partial charge in [-0.25, -0.2) is 4.79 Å². The van der Waals surface area contributed by atoms with Crippen LogP contribution in [0.25, 0.3) is 5.57 Å². The number of aryl methyl sites for hydroxylation is 1. The first-order valence-corrected chi connectivity index (χ1v) is 7.71. The van der Waals surface area contributed by atoms with Crippen LogP contribution in [0.1, 0.15) is 38.9 Å². The van der Waals surface area contributed by atoms with E-state index in [9.17, 15) is 9.59 Å². The first-order chi connectivity index (χ1) is 11.9. The normalized spacial score (nSPS) is 11.5. The molecule has 2 rings (SSSR count). The zero-order valence-electron chi connectivity index (χ0n) is 14.8. The lowest BCUT2D eigenvalue weighted by Gasteiger charge is -2.13. The van der Waals surface area contributed by atoms with Crippen LogP contribution in [-0.2, 0) is 9.47 Å². The molecule has 0 saturated carbocycles. The number of rotatable bonds is 6. The Morgan fingerprint density at radius 3 is 2.24 bits per heavy atom. The number of H-pyrrole nitrogens is 1. The molecule has 0 radical (unpaired) electrons. The van der Waals surface area contributed by atoms with Crippen molar-refractivity contribution in [2.45, 2.75) is 13.8 Å². The highest BCUT2D eigenvalue weighted by molar-refractivity contribution is 6.19. The Kier molecular flexibility index (Phi) is 5.60. The summed E-state index contributed by atoms with van der Waals surface area (Å²) in [5.74, 6) is -0.363. The fraction of sp³-hybridized carbons (Fsp3) is 0.200. The van der Waals surface area contributed by atoms with Crippen molar-refractivity contribution in [2.75, 3.05) is 14.2 Å². The van der Waals surface area contributed by atoms with Gasteiger partial charge >= 0.3 is 5.97 Å². The number of ketones is 1. The third kappa shape index (κ3) is 3.88. The number of allylic oxidation sites excluding steroid dienone is 3. The number of methoxy groups -OCH3 is 2. The van der Waals surface area contributed by atoms with Crippen LogP contribution in [-0.4, -0.2) is 31.0 Å². The summed E-state index contributed by atoms with van der Waals surface area (Å²) in [4.78, 5) is 27.3. The summed E-state index contributed by atoms with van der Waals surface area (Å²) in [6.45, 7) is 7.77. The zero-order chi connectivity index (χ0) is 18.6. The summed E-state index contributed by atoms with van der Waals surface area (Å²) in [5, 5.41) is 0. The van der Waals surface area contributed by atoms with Gasteiger partial charge in [0.15, 0.2) is 5.78 Å². The molecule has 130 valence electrons. The molecule has 1 N–H and O–H groups in total. The summed E-state index contributed by atoms with van der Waals surface area (Å²) in [6, 6.07) is 9.18. The van der Waals surface area contributed by atoms with Gasteiger partial charge in [0.1, 0.15) is 11.5 Å². The molecule has 1 heterocycles. The number of carbonyl (C=O) groups excluding carboxylic acids is 2. The molecule has 0 fully saturated rings. The predicted octanol–water partition coefficient (Wildman–Crippen LogP) is 3.93. The standard InChI is InChI=1S/C20H21NO4/c1-12-6-8-15(9-7-12)13(2)18(14(3)24-4)19(22)16-10-17(21-11-16)20(23)25-5/h6-11,21H,2H2,1,3-5H3/b18-14+. The molecule has 0 aliphatic rings. The van der Waals surface area contributed by atoms with E-state index in [1.165, 1.54) is 26.5 Å². The summed E-state index contributed by atoms with van der Waals surface area (Å²) in [5.41, 5.74) is 3.41. The maximum absolute atomic E-state index is 13.0. The van der Waals surface area contributed by atoms with Gasteiger partial charge in [0.05, 0.1) is 19.8 Å². The largest absolute Gasteiger partial charge is 0.501 e. The second kappa shape index (κ2) is 7.66. The lowest BCUT2D eigenvalue weighted by atomic mass is 9.92. The van der Waals surface area contributed by atoms with Crippen LogP contribution in [0.15, 0.2) is 54.4 Å². The summed E-state index contributed by atoms with van der Waals surface area (Å²) in [6.07, 6.45) is 1.47. The summed E-state index contributed by atoms with van der Waals surface area (Å²) in [7, 11) is 2.78. The van der Waals surface area contributed by atoms with Crippen LogP contribution in [0.5, 0.6) is 0 Å². The Morgan fingerprint density at radius 2 is 1.68 bits per heavy atom. The Balaban J connectivity index is 2.43. The number of nitrogens with one attached hydrogen (secondary N) is 1. The summed E-state index contributed by atoms with van der Waals surface area (Å²) >= 11 is 0. The maximum Gasteiger partial charge on any atom is 0.354 e. The molecular formula is C20H21NO4. The molecule has 1 aromatic heterocycles. The minimum Gasteiger partial charge on any atom is -0.501 e. The van der Waals surface area contributed by atoms with E-state index in [1.54, 1.807) is 6.92 Å². The highest BCUT2D eigenvalue weighted by atomic mass is 16.5. The minimum atomic E-state index is -0.537. The van der Waals surface area contributed by atoms with Crippen molar-refractivity contribution in [1.82, 2.24) is 4.98 Å². The van der Waals surface area contributed by atoms with Gasteiger partial charge in [-0.05, 0) is 31.1 Å².